The van der Waals surface area contributed by atoms with Crippen LogP contribution in [-0.4, -0.2) is 36.2 Å². The van der Waals surface area contributed by atoms with Crippen molar-refractivity contribution >= 4 is 11.7 Å². The lowest BCUT2D eigenvalue weighted by molar-refractivity contribution is -0.121. The third kappa shape index (κ3) is 3.61. The number of hydrogen-bond donors (Lipinski definition) is 1. The molecule has 4 nitrogen and oxygen atoms in total. The monoisotopic (exact) mass is 264 g/mol. The zero-order valence-corrected chi connectivity index (χ0v) is 10.6. The van der Waals surface area contributed by atoms with E-state index in [0.717, 1.165) is 13.0 Å². The van der Waals surface area contributed by atoms with Crippen LogP contribution in [0.3, 0.4) is 0 Å². The number of benzene rings is 1. The zero-order valence-electron chi connectivity index (χ0n) is 10.6. The summed E-state index contributed by atoms with van der Waals surface area (Å²) in [4.78, 5) is 25.0. The van der Waals surface area contributed by atoms with Gasteiger partial charge >= 0.3 is 0 Å². The predicted molar refractivity (Wildman–Crippen MR) is 69.1 cm³/mol. The number of Topliss-reactive ketones (excluding diaryl/α,β-unsaturated/α-hetero) is 1. The van der Waals surface area contributed by atoms with Crippen molar-refractivity contribution < 1.29 is 14.0 Å². The highest BCUT2D eigenvalue weighted by Crippen LogP contribution is 2.16. The van der Waals surface area contributed by atoms with E-state index >= 15 is 0 Å². The highest BCUT2D eigenvalue weighted by molar-refractivity contribution is 5.96. The van der Waals surface area contributed by atoms with Gasteiger partial charge in [-0.1, -0.05) is 0 Å². The van der Waals surface area contributed by atoms with E-state index in [1.54, 1.807) is 0 Å². The van der Waals surface area contributed by atoms with Gasteiger partial charge in [-0.05, 0) is 37.2 Å². The van der Waals surface area contributed by atoms with Crippen LogP contribution in [0.5, 0.6) is 0 Å². The van der Waals surface area contributed by atoms with Gasteiger partial charge in [-0.3, -0.25) is 9.59 Å². The molecule has 19 heavy (non-hydrogen) atoms. The number of primary amides is 1. The Labute approximate surface area is 111 Å². The van der Waals surface area contributed by atoms with Crippen LogP contribution in [0.1, 0.15) is 23.2 Å². The lowest BCUT2D eigenvalue weighted by Crippen LogP contribution is -2.28. The first kappa shape index (κ1) is 13.7. The zero-order chi connectivity index (χ0) is 13.8. The lowest BCUT2D eigenvalue weighted by atomic mass is 10.1. The molecule has 1 amide bonds. The molecule has 1 aromatic rings. The quantitative estimate of drug-likeness (QED) is 0.813. The normalized spacial score (nSPS) is 19.5. The molecular weight excluding hydrogens is 247 g/mol. The van der Waals surface area contributed by atoms with Crippen molar-refractivity contribution in [2.24, 2.45) is 11.7 Å². The molecule has 2 N–H and O–H groups in total. The first-order valence-corrected chi connectivity index (χ1v) is 6.36. The van der Waals surface area contributed by atoms with Gasteiger partial charge in [0.2, 0.25) is 5.91 Å². The third-order valence-electron chi connectivity index (χ3n) is 3.50. The van der Waals surface area contributed by atoms with Crippen molar-refractivity contribution in [2.45, 2.75) is 12.8 Å². The number of amides is 1. The van der Waals surface area contributed by atoms with Crippen LogP contribution in [0, 0.1) is 11.7 Å². The summed E-state index contributed by atoms with van der Waals surface area (Å²) >= 11 is 0. The van der Waals surface area contributed by atoms with Gasteiger partial charge < -0.3 is 10.6 Å². The smallest absolute Gasteiger partial charge is 0.221 e. The predicted octanol–water partition coefficient (Wildman–Crippen LogP) is 1.21. The standard InChI is InChI=1S/C14H17FN2O2/c15-12-3-1-10(2-4-12)13(18)6-8-17-7-5-11(9-17)14(16)19/h1-4,11H,5-9H2,(H2,16,19). The van der Waals surface area contributed by atoms with Crippen LogP contribution in [0.4, 0.5) is 4.39 Å². The molecule has 1 unspecified atom stereocenters. The number of ketones is 1. The second-order valence-corrected chi connectivity index (χ2v) is 4.87. The minimum absolute atomic E-state index is 0.0116. The summed E-state index contributed by atoms with van der Waals surface area (Å²) in [6.07, 6.45) is 1.14. The van der Waals surface area contributed by atoms with Gasteiger partial charge in [0.15, 0.2) is 5.78 Å². The summed E-state index contributed by atoms with van der Waals surface area (Å²) in [6.45, 7) is 2.04. The maximum Gasteiger partial charge on any atom is 0.221 e. The third-order valence-corrected chi connectivity index (χ3v) is 3.50. The number of likely N-dealkylation sites (tertiary alicyclic amines) is 1. The minimum Gasteiger partial charge on any atom is -0.369 e. The van der Waals surface area contributed by atoms with E-state index < -0.39 is 0 Å². The molecule has 1 atom stereocenters. The molecule has 1 heterocycles. The Morgan fingerprint density at radius 3 is 2.58 bits per heavy atom. The largest absolute Gasteiger partial charge is 0.369 e. The molecule has 0 radical (unpaired) electrons. The second-order valence-electron chi connectivity index (χ2n) is 4.87. The Balaban J connectivity index is 1.81. The Kier molecular flexibility index (Phi) is 4.27. The molecule has 5 heteroatoms. The number of halogens is 1. The summed E-state index contributed by atoms with van der Waals surface area (Å²) in [6, 6.07) is 5.56. The van der Waals surface area contributed by atoms with Crippen molar-refractivity contribution in [3.05, 3.63) is 35.6 Å². The van der Waals surface area contributed by atoms with E-state index in [0.29, 0.717) is 25.1 Å². The van der Waals surface area contributed by atoms with Gasteiger partial charge in [-0.15, -0.1) is 0 Å². The maximum atomic E-state index is 12.7. The van der Waals surface area contributed by atoms with Gasteiger partial charge in [-0.2, -0.15) is 0 Å². The molecule has 1 aliphatic rings. The number of rotatable bonds is 5. The molecule has 1 aliphatic heterocycles. The molecular formula is C14H17FN2O2. The van der Waals surface area contributed by atoms with Gasteiger partial charge in [0.25, 0.3) is 0 Å². The fraction of sp³-hybridized carbons (Fsp3) is 0.429. The Morgan fingerprint density at radius 2 is 2.00 bits per heavy atom. The lowest BCUT2D eigenvalue weighted by Gasteiger charge is -2.14. The van der Waals surface area contributed by atoms with E-state index in [1.807, 2.05) is 0 Å². The summed E-state index contributed by atoms with van der Waals surface area (Å²) in [7, 11) is 0. The highest BCUT2D eigenvalue weighted by Gasteiger charge is 2.26. The number of nitrogens with two attached hydrogens (primary N) is 1. The average molecular weight is 264 g/mol. The Hall–Kier alpha value is -1.75. The Bertz CT molecular complexity index is 473. The molecule has 0 bridgehead atoms. The molecule has 2 rings (SSSR count). The molecule has 0 saturated carbocycles. The van der Waals surface area contributed by atoms with Crippen molar-refractivity contribution in [2.75, 3.05) is 19.6 Å². The summed E-state index contributed by atoms with van der Waals surface area (Å²) < 4.78 is 12.7. The fourth-order valence-electron chi connectivity index (χ4n) is 2.31. The summed E-state index contributed by atoms with van der Waals surface area (Å²) in [5.74, 6) is -0.726. The SMILES string of the molecule is NC(=O)C1CCN(CCC(=O)c2ccc(F)cc2)C1. The van der Waals surface area contributed by atoms with Crippen molar-refractivity contribution in [3.8, 4) is 0 Å². The fourth-order valence-corrected chi connectivity index (χ4v) is 2.31. The van der Waals surface area contributed by atoms with Gasteiger partial charge in [0.05, 0.1) is 5.92 Å². The summed E-state index contributed by atoms with van der Waals surface area (Å²) in [5, 5.41) is 0. The second kappa shape index (κ2) is 5.93. The Morgan fingerprint density at radius 1 is 1.32 bits per heavy atom. The van der Waals surface area contributed by atoms with Crippen LogP contribution in [0.25, 0.3) is 0 Å². The highest BCUT2D eigenvalue weighted by atomic mass is 19.1. The summed E-state index contributed by atoms with van der Waals surface area (Å²) in [5.41, 5.74) is 5.77. The van der Waals surface area contributed by atoms with E-state index in [2.05, 4.69) is 4.90 Å². The first-order valence-electron chi connectivity index (χ1n) is 6.36. The van der Waals surface area contributed by atoms with Crippen molar-refractivity contribution in [1.29, 1.82) is 0 Å². The molecule has 102 valence electrons. The molecule has 0 aromatic heterocycles. The van der Waals surface area contributed by atoms with E-state index in [-0.39, 0.29) is 23.4 Å². The van der Waals surface area contributed by atoms with Crippen LogP contribution in [-0.2, 0) is 4.79 Å². The van der Waals surface area contributed by atoms with E-state index in [9.17, 15) is 14.0 Å². The number of hydrogen-bond acceptors (Lipinski definition) is 3. The van der Waals surface area contributed by atoms with Crippen LogP contribution in [0.2, 0.25) is 0 Å². The maximum absolute atomic E-state index is 12.7. The van der Waals surface area contributed by atoms with Crippen LogP contribution < -0.4 is 5.73 Å². The molecule has 0 spiro atoms. The van der Waals surface area contributed by atoms with Crippen LogP contribution >= 0.6 is 0 Å². The number of carbonyl (C=O) groups is 2. The van der Waals surface area contributed by atoms with Gasteiger partial charge in [0, 0.05) is 25.1 Å². The van der Waals surface area contributed by atoms with Gasteiger partial charge in [-0.25, -0.2) is 4.39 Å². The average Bonchev–Trinajstić information content (AvgIpc) is 2.86. The molecule has 1 fully saturated rings. The van der Waals surface area contributed by atoms with Crippen molar-refractivity contribution in [3.63, 3.8) is 0 Å². The first-order chi connectivity index (χ1) is 9.06. The van der Waals surface area contributed by atoms with Gasteiger partial charge in [0.1, 0.15) is 5.82 Å². The number of carbonyl (C=O) groups excluding carboxylic acids is 2. The van der Waals surface area contributed by atoms with Crippen molar-refractivity contribution in [1.82, 2.24) is 4.90 Å². The molecule has 1 aromatic carbocycles. The van der Waals surface area contributed by atoms with Crippen LogP contribution in [0.15, 0.2) is 24.3 Å². The molecule has 0 aliphatic carbocycles. The topological polar surface area (TPSA) is 63.4 Å². The number of nitrogens with zero attached hydrogens (tertiary/aromatic N) is 1. The van der Waals surface area contributed by atoms with E-state index in [1.165, 1.54) is 24.3 Å². The van der Waals surface area contributed by atoms with E-state index in [4.69, 9.17) is 5.73 Å². The minimum atomic E-state index is -0.347. The molecule has 1 saturated heterocycles.